The number of phenols is 1. The second-order valence-corrected chi connectivity index (χ2v) is 3.09. The Balaban J connectivity index is 2.89. The smallest absolute Gasteiger partial charge is 0.412 e. The normalized spacial score (nSPS) is 9.53. The number of esters is 1. The first-order valence-electron chi connectivity index (χ1n) is 4.95. The molecule has 2 N–H and O–H groups in total. The van der Waals surface area contributed by atoms with Gasteiger partial charge < -0.3 is 19.9 Å². The molecule has 0 heterocycles. The lowest BCUT2D eigenvalue weighted by Gasteiger charge is -2.07. The number of ether oxygens (including phenoxy) is 2. The van der Waals surface area contributed by atoms with Crippen molar-refractivity contribution in [3.63, 3.8) is 0 Å². The summed E-state index contributed by atoms with van der Waals surface area (Å²) in [6.07, 6.45) is -0.631. The van der Waals surface area contributed by atoms with Gasteiger partial charge in [0.15, 0.2) is 0 Å². The summed E-state index contributed by atoms with van der Waals surface area (Å²) in [5, 5.41) is 11.8. The van der Waals surface area contributed by atoms with Gasteiger partial charge in [0.1, 0.15) is 17.1 Å². The molecule has 0 unspecified atom stereocenters. The summed E-state index contributed by atoms with van der Waals surface area (Å²) < 4.78 is 9.35. The molecule has 1 amide bonds. The molecule has 1 aromatic carbocycles. The number of amides is 1. The van der Waals surface area contributed by atoms with Gasteiger partial charge in [0, 0.05) is 6.54 Å². The Kier molecular flexibility index (Phi) is 4.33. The molecule has 0 saturated carbocycles. The van der Waals surface area contributed by atoms with Crippen LogP contribution in [-0.4, -0.2) is 30.8 Å². The van der Waals surface area contributed by atoms with Crippen LogP contribution in [0.25, 0.3) is 0 Å². The van der Waals surface area contributed by atoms with Crippen molar-refractivity contribution in [2.75, 3.05) is 13.7 Å². The molecule has 1 rings (SSSR count). The summed E-state index contributed by atoms with van der Waals surface area (Å²) >= 11 is 0. The molecule has 6 heteroatoms. The van der Waals surface area contributed by atoms with Crippen LogP contribution in [0.5, 0.6) is 11.5 Å². The summed E-state index contributed by atoms with van der Waals surface area (Å²) in [5.41, 5.74) is -0.0608. The predicted octanol–water partition coefficient (Wildman–Crippen LogP) is 1.29. The average molecular weight is 239 g/mol. The Bertz CT molecular complexity index is 430. The van der Waals surface area contributed by atoms with E-state index in [1.807, 2.05) is 0 Å². The first kappa shape index (κ1) is 12.8. The number of rotatable bonds is 3. The lowest BCUT2D eigenvalue weighted by atomic mass is 10.2. The maximum atomic E-state index is 11.3. The van der Waals surface area contributed by atoms with Crippen LogP contribution < -0.4 is 10.1 Å². The minimum Gasteiger partial charge on any atom is -0.507 e. The standard InChI is InChI=1S/C11H13NO5/c1-3-12-11(15)17-7-4-5-9(13)8(6-7)10(14)16-2/h4-6,13H,3H2,1-2H3,(H,12,15). The van der Waals surface area contributed by atoms with Gasteiger partial charge >= 0.3 is 12.1 Å². The van der Waals surface area contributed by atoms with Crippen molar-refractivity contribution in [1.29, 1.82) is 0 Å². The summed E-state index contributed by atoms with van der Waals surface area (Å²) in [6, 6.07) is 3.86. The third-order valence-corrected chi connectivity index (χ3v) is 1.90. The van der Waals surface area contributed by atoms with E-state index >= 15 is 0 Å². The monoisotopic (exact) mass is 239 g/mol. The summed E-state index contributed by atoms with van der Waals surface area (Å²) in [6.45, 7) is 2.18. The van der Waals surface area contributed by atoms with Gasteiger partial charge in [0.2, 0.25) is 0 Å². The topological polar surface area (TPSA) is 84.9 Å². The molecule has 0 aliphatic rings. The molecule has 92 valence electrons. The second kappa shape index (κ2) is 5.74. The number of carbonyl (C=O) groups is 2. The third-order valence-electron chi connectivity index (χ3n) is 1.90. The number of aromatic hydroxyl groups is 1. The molecule has 0 bridgehead atoms. The minimum absolute atomic E-state index is 0.0608. The van der Waals surface area contributed by atoms with Crippen molar-refractivity contribution in [1.82, 2.24) is 5.32 Å². The SMILES string of the molecule is CCNC(=O)Oc1ccc(O)c(C(=O)OC)c1. The number of methoxy groups -OCH3 is 1. The number of benzene rings is 1. The maximum Gasteiger partial charge on any atom is 0.412 e. The zero-order valence-corrected chi connectivity index (χ0v) is 9.52. The van der Waals surface area contributed by atoms with Gasteiger partial charge in [-0.3, -0.25) is 0 Å². The van der Waals surface area contributed by atoms with E-state index in [4.69, 9.17) is 4.74 Å². The van der Waals surface area contributed by atoms with E-state index in [1.54, 1.807) is 6.92 Å². The zero-order valence-electron chi connectivity index (χ0n) is 9.52. The summed E-state index contributed by atoms with van der Waals surface area (Å²) in [4.78, 5) is 22.4. The van der Waals surface area contributed by atoms with Crippen molar-refractivity contribution in [2.24, 2.45) is 0 Å². The third kappa shape index (κ3) is 3.37. The molecule has 0 aliphatic carbocycles. The van der Waals surface area contributed by atoms with Crippen LogP contribution in [0.2, 0.25) is 0 Å². The number of carbonyl (C=O) groups excluding carboxylic acids is 2. The molecule has 0 aromatic heterocycles. The first-order valence-corrected chi connectivity index (χ1v) is 4.95. The molecule has 0 spiro atoms. The summed E-state index contributed by atoms with van der Waals surface area (Å²) in [5.74, 6) is -0.793. The molecular weight excluding hydrogens is 226 g/mol. The lowest BCUT2D eigenvalue weighted by Crippen LogP contribution is -2.26. The van der Waals surface area contributed by atoms with Crippen LogP contribution >= 0.6 is 0 Å². The van der Waals surface area contributed by atoms with E-state index in [0.29, 0.717) is 6.54 Å². The lowest BCUT2D eigenvalue weighted by molar-refractivity contribution is 0.0597. The van der Waals surface area contributed by atoms with E-state index in [-0.39, 0.29) is 17.1 Å². The highest BCUT2D eigenvalue weighted by molar-refractivity contribution is 5.93. The average Bonchev–Trinajstić information content (AvgIpc) is 2.31. The first-order chi connectivity index (χ1) is 8.08. The Labute approximate surface area is 98.2 Å². The van der Waals surface area contributed by atoms with Crippen molar-refractivity contribution in [3.05, 3.63) is 23.8 Å². The van der Waals surface area contributed by atoms with Gasteiger partial charge in [-0.1, -0.05) is 0 Å². The quantitative estimate of drug-likeness (QED) is 0.776. The number of phenolic OH excluding ortho intramolecular Hbond substituents is 1. The van der Waals surface area contributed by atoms with E-state index < -0.39 is 12.1 Å². The molecule has 1 aromatic rings. The van der Waals surface area contributed by atoms with E-state index in [2.05, 4.69) is 10.1 Å². The molecule has 0 atom stereocenters. The van der Waals surface area contributed by atoms with Gasteiger partial charge in [-0.2, -0.15) is 0 Å². The molecule has 17 heavy (non-hydrogen) atoms. The van der Waals surface area contributed by atoms with Crippen molar-refractivity contribution >= 4 is 12.1 Å². The van der Waals surface area contributed by atoms with Gasteiger partial charge in [-0.25, -0.2) is 9.59 Å². The number of nitrogens with one attached hydrogen (secondary N) is 1. The Morgan fingerprint density at radius 3 is 2.71 bits per heavy atom. The van der Waals surface area contributed by atoms with Crippen molar-refractivity contribution < 1.29 is 24.2 Å². The molecule has 0 fully saturated rings. The second-order valence-electron chi connectivity index (χ2n) is 3.09. The zero-order chi connectivity index (χ0) is 12.8. The fraction of sp³-hybridized carbons (Fsp3) is 0.273. The van der Waals surface area contributed by atoms with Crippen LogP contribution in [-0.2, 0) is 4.74 Å². The maximum absolute atomic E-state index is 11.3. The molecule has 0 saturated heterocycles. The van der Waals surface area contributed by atoms with Crippen LogP contribution in [0.3, 0.4) is 0 Å². The minimum atomic E-state index is -0.705. The van der Waals surface area contributed by atoms with E-state index in [1.165, 1.54) is 25.3 Å². The Morgan fingerprint density at radius 1 is 1.41 bits per heavy atom. The van der Waals surface area contributed by atoms with Gasteiger partial charge in [-0.15, -0.1) is 0 Å². The van der Waals surface area contributed by atoms with Crippen LogP contribution in [0, 0.1) is 0 Å². The van der Waals surface area contributed by atoms with Crippen LogP contribution in [0.15, 0.2) is 18.2 Å². The highest BCUT2D eigenvalue weighted by Gasteiger charge is 2.13. The summed E-state index contributed by atoms with van der Waals surface area (Å²) in [7, 11) is 1.19. The molecule has 6 nitrogen and oxygen atoms in total. The van der Waals surface area contributed by atoms with Crippen molar-refractivity contribution in [3.8, 4) is 11.5 Å². The number of hydrogen-bond donors (Lipinski definition) is 2. The van der Waals surface area contributed by atoms with E-state index in [9.17, 15) is 14.7 Å². The fourth-order valence-corrected chi connectivity index (χ4v) is 1.14. The predicted molar refractivity (Wildman–Crippen MR) is 59.1 cm³/mol. The fourth-order valence-electron chi connectivity index (χ4n) is 1.14. The molecular formula is C11H13NO5. The Morgan fingerprint density at radius 2 is 2.12 bits per heavy atom. The molecule has 0 aliphatic heterocycles. The van der Waals surface area contributed by atoms with Crippen LogP contribution in [0.4, 0.5) is 4.79 Å². The van der Waals surface area contributed by atoms with E-state index in [0.717, 1.165) is 0 Å². The molecule has 0 radical (unpaired) electrons. The van der Waals surface area contributed by atoms with Gasteiger partial charge in [0.05, 0.1) is 7.11 Å². The Hall–Kier alpha value is -2.24. The largest absolute Gasteiger partial charge is 0.507 e. The van der Waals surface area contributed by atoms with Gasteiger partial charge in [0.25, 0.3) is 0 Å². The highest BCUT2D eigenvalue weighted by atomic mass is 16.6. The highest BCUT2D eigenvalue weighted by Crippen LogP contribution is 2.23. The van der Waals surface area contributed by atoms with Crippen molar-refractivity contribution in [2.45, 2.75) is 6.92 Å². The van der Waals surface area contributed by atoms with Gasteiger partial charge in [-0.05, 0) is 25.1 Å². The van der Waals surface area contributed by atoms with Crippen LogP contribution in [0.1, 0.15) is 17.3 Å². The number of hydrogen-bond acceptors (Lipinski definition) is 5.